The summed E-state index contributed by atoms with van der Waals surface area (Å²) in [6.07, 6.45) is 7.58. The van der Waals surface area contributed by atoms with Crippen LogP contribution in [0.25, 0.3) is 0 Å². The fourth-order valence-electron chi connectivity index (χ4n) is 2.99. The molecule has 0 radical (unpaired) electrons. The zero-order chi connectivity index (χ0) is 13.9. The number of rotatable bonds is 3. The molecular formula is C19H19N. The first-order valence-corrected chi connectivity index (χ1v) is 7.21. The van der Waals surface area contributed by atoms with Crippen LogP contribution in [0, 0.1) is 12.3 Å². The Balaban J connectivity index is 2.06. The van der Waals surface area contributed by atoms with E-state index in [4.69, 9.17) is 6.42 Å². The van der Waals surface area contributed by atoms with E-state index in [0.29, 0.717) is 0 Å². The highest BCUT2D eigenvalue weighted by Crippen LogP contribution is 2.35. The Morgan fingerprint density at radius 1 is 1.10 bits per heavy atom. The molecule has 1 atom stereocenters. The van der Waals surface area contributed by atoms with Gasteiger partial charge in [-0.2, -0.15) is 0 Å². The van der Waals surface area contributed by atoms with E-state index in [0.717, 1.165) is 12.8 Å². The van der Waals surface area contributed by atoms with Gasteiger partial charge in [-0.3, -0.25) is 5.32 Å². The summed E-state index contributed by atoms with van der Waals surface area (Å²) in [7, 11) is 0. The third-order valence-corrected chi connectivity index (χ3v) is 4.09. The molecule has 1 unspecified atom stereocenters. The molecule has 0 heterocycles. The Hall–Kier alpha value is -2.04. The molecule has 1 aliphatic rings. The second-order valence-electron chi connectivity index (χ2n) is 5.30. The quantitative estimate of drug-likeness (QED) is 0.831. The SMILES string of the molecule is C#CC(CC)NC1c2ccccc2Cc2ccccc21. The second-order valence-corrected chi connectivity index (χ2v) is 5.30. The van der Waals surface area contributed by atoms with Gasteiger partial charge in [0.15, 0.2) is 0 Å². The van der Waals surface area contributed by atoms with Crippen LogP contribution in [0.4, 0.5) is 0 Å². The smallest absolute Gasteiger partial charge is 0.0691 e. The van der Waals surface area contributed by atoms with Crippen LogP contribution in [0.5, 0.6) is 0 Å². The topological polar surface area (TPSA) is 12.0 Å². The second kappa shape index (κ2) is 5.53. The lowest BCUT2D eigenvalue weighted by Crippen LogP contribution is -2.34. The zero-order valence-electron chi connectivity index (χ0n) is 11.8. The molecule has 0 spiro atoms. The van der Waals surface area contributed by atoms with Gasteiger partial charge >= 0.3 is 0 Å². The predicted octanol–water partition coefficient (Wildman–Crippen LogP) is 3.68. The van der Waals surface area contributed by atoms with Crippen molar-refractivity contribution in [2.24, 2.45) is 0 Å². The van der Waals surface area contributed by atoms with Gasteiger partial charge in [-0.1, -0.05) is 61.4 Å². The summed E-state index contributed by atoms with van der Waals surface area (Å²) < 4.78 is 0. The Labute approximate surface area is 121 Å². The predicted molar refractivity (Wildman–Crippen MR) is 83.6 cm³/mol. The first-order chi connectivity index (χ1) is 9.83. The molecule has 1 nitrogen and oxygen atoms in total. The maximum atomic E-state index is 5.63. The average molecular weight is 261 g/mol. The Kier molecular flexibility index (Phi) is 3.58. The molecule has 1 aliphatic carbocycles. The summed E-state index contributed by atoms with van der Waals surface area (Å²) in [6.45, 7) is 2.12. The lowest BCUT2D eigenvalue weighted by molar-refractivity contribution is 0.524. The van der Waals surface area contributed by atoms with Crippen LogP contribution in [0.15, 0.2) is 48.5 Å². The van der Waals surface area contributed by atoms with Gasteiger partial charge in [0.1, 0.15) is 0 Å². The van der Waals surface area contributed by atoms with Gasteiger partial charge < -0.3 is 0 Å². The van der Waals surface area contributed by atoms with Crippen LogP contribution in [0.2, 0.25) is 0 Å². The molecule has 3 rings (SSSR count). The van der Waals surface area contributed by atoms with Crippen LogP contribution in [0.3, 0.4) is 0 Å². The molecule has 1 N–H and O–H groups in total. The van der Waals surface area contributed by atoms with Crippen molar-refractivity contribution in [3.8, 4) is 12.3 Å². The standard InChI is InChI=1S/C19H19N/c1-3-16(4-2)20-19-17-11-7-5-9-14(17)13-15-10-6-8-12-18(15)19/h1,5-12,16,19-20H,4,13H2,2H3. The van der Waals surface area contributed by atoms with Gasteiger partial charge in [0.05, 0.1) is 12.1 Å². The minimum absolute atomic E-state index is 0.110. The van der Waals surface area contributed by atoms with Gasteiger partial charge in [0, 0.05) is 0 Å². The lowest BCUT2D eigenvalue weighted by atomic mass is 9.82. The number of hydrogen-bond donors (Lipinski definition) is 1. The molecule has 1 heteroatoms. The Bertz CT molecular complexity index is 605. The minimum atomic E-state index is 0.110. The van der Waals surface area contributed by atoms with E-state index >= 15 is 0 Å². The molecule has 100 valence electrons. The monoisotopic (exact) mass is 261 g/mol. The van der Waals surface area contributed by atoms with Crippen LogP contribution in [-0.4, -0.2) is 6.04 Å². The highest BCUT2D eigenvalue weighted by Gasteiger charge is 2.25. The van der Waals surface area contributed by atoms with E-state index in [9.17, 15) is 0 Å². The third-order valence-electron chi connectivity index (χ3n) is 4.09. The van der Waals surface area contributed by atoms with Gasteiger partial charge in [-0.15, -0.1) is 6.42 Å². The van der Waals surface area contributed by atoms with E-state index in [1.54, 1.807) is 0 Å². The van der Waals surface area contributed by atoms with E-state index in [2.05, 4.69) is 66.7 Å². The van der Waals surface area contributed by atoms with Crippen molar-refractivity contribution in [1.29, 1.82) is 0 Å². The van der Waals surface area contributed by atoms with Crippen LogP contribution >= 0.6 is 0 Å². The zero-order valence-corrected chi connectivity index (χ0v) is 11.8. The molecule has 2 aromatic carbocycles. The van der Waals surface area contributed by atoms with Crippen molar-refractivity contribution in [2.75, 3.05) is 0 Å². The summed E-state index contributed by atoms with van der Waals surface area (Å²) in [5.41, 5.74) is 5.52. The van der Waals surface area contributed by atoms with Crippen molar-refractivity contribution in [1.82, 2.24) is 5.32 Å². The van der Waals surface area contributed by atoms with Crippen molar-refractivity contribution >= 4 is 0 Å². The maximum Gasteiger partial charge on any atom is 0.0691 e. The fourth-order valence-corrected chi connectivity index (χ4v) is 2.99. The summed E-state index contributed by atoms with van der Waals surface area (Å²) in [6, 6.07) is 17.6. The number of nitrogens with one attached hydrogen (secondary N) is 1. The van der Waals surface area contributed by atoms with E-state index in [1.165, 1.54) is 22.3 Å². The molecule has 0 amide bonds. The van der Waals surface area contributed by atoms with Crippen molar-refractivity contribution in [2.45, 2.75) is 31.8 Å². The highest BCUT2D eigenvalue weighted by atomic mass is 14.9. The number of benzene rings is 2. The average Bonchev–Trinajstić information content (AvgIpc) is 2.51. The van der Waals surface area contributed by atoms with Crippen LogP contribution in [0.1, 0.15) is 41.6 Å². The molecule has 2 aromatic rings. The van der Waals surface area contributed by atoms with Crippen LogP contribution in [-0.2, 0) is 6.42 Å². The molecule has 0 saturated carbocycles. The maximum absolute atomic E-state index is 5.63. The van der Waals surface area contributed by atoms with Crippen molar-refractivity contribution in [3.63, 3.8) is 0 Å². The Morgan fingerprint density at radius 2 is 1.65 bits per heavy atom. The van der Waals surface area contributed by atoms with E-state index in [1.807, 2.05) is 0 Å². The van der Waals surface area contributed by atoms with Crippen LogP contribution < -0.4 is 5.32 Å². The van der Waals surface area contributed by atoms with Gasteiger partial charge in [0.25, 0.3) is 0 Å². The minimum Gasteiger partial charge on any atom is -0.293 e. The van der Waals surface area contributed by atoms with Crippen molar-refractivity contribution in [3.05, 3.63) is 70.8 Å². The highest BCUT2D eigenvalue weighted by molar-refractivity contribution is 5.48. The number of terminal acetylenes is 1. The summed E-state index contributed by atoms with van der Waals surface area (Å²) >= 11 is 0. The normalized spacial score (nSPS) is 15.0. The summed E-state index contributed by atoms with van der Waals surface area (Å²) in [5.74, 6) is 2.85. The van der Waals surface area contributed by atoms with E-state index in [-0.39, 0.29) is 12.1 Å². The first kappa shape index (κ1) is 13.0. The molecule has 20 heavy (non-hydrogen) atoms. The summed E-state index contributed by atoms with van der Waals surface area (Å²) in [4.78, 5) is 0. The van der Waals surface area contributed by atoms with Crippen molar-refractivity contribution < 1.29 is 0 Å². The van der Waals surface area contributed by atoms with Gasteiger partial charge in [-0.25, -0.2) is 0 Å². The molecule has 0 aliphatic heterocycles. The molecular weight excluding hydrogens is 242 g/mol. The summed E-state index contributed by atoms with van der Waals surface area (Å²) in [5, 5.41) is 3.63. The fraction of sp³-hybridized carbons (Fsp3) is 0.263. The largest absolute Gasteiger partial charge is 0.293 e. The number of hydrogen-bond acceptors (Lipinski definition) is 1. The molecule has 0 aromatic heterocycles. The Morgan fingerprint density at radius 3 is 2.15 bits per heavy atom. The molecule has 0 saturated heterocycles. The van der Waals surface area contributed by atoms with Gasteiger partial charge in [0.2, 0.25) is 0 Å². The lowest BCUT2D eigenvalue weighted by Gasteiger charge is -2.31. The van der Waals surface area contributed by atoms with E-state index < -0.39 is 0 Å². The first-order valence-electron chi connectivity index (χ1n) is 7.21. The van der Waals surface area contributed by atoms with Gasteiger partial charge in [-0.05, 0) is 35.1 Å². The third kappa shape index (κ3) is 2.24. The molecule has 0 bridgehead atoms. The number of fused-ring (bicyclic) bond motifs is 2. The molecule has 0 fully saturated rings.